The molecule has 2 saturated heterocycles. The lowest BCUT2D eigenvalue weighted by molar-refractivity contribution is 0.00640. The maximum absolute atomic E-state index is 6.10. The van der Waals surface area contributed by atoms with E-state index >= 15 is 0 Å². The van der Waals surface area contributed by atoms with E-state index in [4.69, 9.17) is 14.2 Å². The quantitative estimate of drug-likeness (QED) is 0.918. The van der Waals surface area contributed by atoms with Crippen molar-refractivity contribution in [3.05, 3.63) is 23.8 Å². The Labute approximate surface area is 120 Å². The molecule has 2 fully saturated rings. The summed E-state index contributed by atoms with van der Waals surface area (Å²) in [6.45, 7) is 2.63. The van der Waals surface area contributed by atoms with Gasteiger partial charge in [-0.15, -0.1) is 0 Å². The third-order valence-corrected chi connectivity index (χ3v) is 4.06. The number of methoxy groups -OCH3 is 1. The minimum Gasteiger partial charge on any atom is -0.493 e. The fourth-order valence-electron chi connectivity index (χ4n) is 2.95. The first-order valence-corrected chi connectivity index (χ1v) is 7.52. The Morgan fingerprint density at radius 3 is 2.85 bits per heavy atom. The predicted molar refractivity (Wildman–Crippen MR) is 77.4 cm³/mol. The van der Waals surface area contributed by atoms with E-state index in [1.807, 2.05) is 6.07 Å². The van der Waals surface area contributed by atoms with Crippen LogP contribution in [0, 0.1) is 0 Å². The van der Waals surface area contributed by atoms with Gasteiger partial charge in [-0.05, 0) is 49.9 Å². The van der Waals surface area contributed by atoms with Gasteiger partial charge in [-0.25, -0.2) is 0 Å². The van der Waals surface area contributed by atoms with Crippen molar-refractivity contribution in [1.82, 2.24) is 5.32 Å². The van der Waals surface area contributed by atoms with Crippen molar-refractivity contribution in [2.45, 2.75) is 37.8 Å². The summed E-state index contributed by atoms with van der Waals surface area (Å²) in [6, 6.07) is 6.71. The number of rotatable bonds is 4. The molecule has 2 atom stereocenters. The van der Waals surface area contributed by atoms with Gasteiger partial charge in [-0.3, -0.25) is 0 Å². The molecule has 1 aromatic rings. The minimum absolute atomic E-state index is 0.143. The SMILES string of the molecule is COc1ccc(C2CCCN2)cc1OC1CCCOC1. The Hall–Kier alpha value is -1.26. The third-order valence-electron chi connectivity index (χ3n) is 4.06. The maximum Gasteiger partial charge on any atom is 0.162 e. The molecular weight excluding hydrogens is 254 g/mol. The zero-order valence-corrected chi connectivity index (χ0v) is 12.1. The topological polar surface area (TPSA) is 39.7 Å². The van der Waals surface area contributed by atoms with E-state index in [0.717, 1.165) is 37.5 Å². The summed E-state index contributed by atoms with van der Waals surface area (Å²) in [4.78, 5) is 0. The van der Waals surface area contributed by atoms with Crippen molar-refractivity contribution in [2.24, 2.45) is 0 Å². The lowest BCUT2D eigenvalue weighted by atomic mass is 10.0. The summed E-state index contributed by atoms with van der Waals surface area (Å²) in [6.07, 6.45) is 4.69. The van der Waals surface area contributed by atoms with E-state index in [0.29, 0.717) is 12.6 Å². The molecule has 2 aliphatic heterocycles. The van der Waals surface area contributed by atoms with Crippen LogP contribution >= 0.6 is 0 Å². The molecule has 0 radical (unpaired) electrons. The molecule has 0 aromatic heterocycles. The molecule has 4 heteroatoms. The molecule has 110 valence electrons. The first-order valence-electron chi connectivity index (χ1n) is 7.52. The lowest BCUT2D eigenvalue weighted by Crippen LogP contribution is -2.28. The Bertz CT molecular complexity index is 437. The van der Waals surface area contributed by atoms with E-state index in [2.05, 4.69) is 17.4 Å². The van der Waals surface area contributed by atoms with Gasteiger partial charge >= 0.3 is 0 Å². The van der Waals surface area contributed by atoms with E-state index in [9.17, 15) is 0 Å². The summed E-state index contributed by atoms with van der Waals surface area (Å²) >= 11 is 0. The lowest BCUT2D eigenvalue weighted by Gasteiger charge is -2.25. The van der Waals surface area contributed by atoms with Crippen LogP contribution in [0.3, 0.4) is 0 Å². The molecule has 1 aromatic carbocycles. The summed E-state index contributed by atoms with van der Waals surface area (Å²) < 4.78 is 17.0. The molecule has 2 aliphatic rings. The molecular formula is C16H23NO3. The average Bonchev–Trinajstić information content (AvgIpc) is 3.02. The van der Waals surface area contributed by atoms with Crippen LogP contribution in [0.5, 0.6) is 11.5 Å². The van der Waals surface area contributed by atoms with E-state index < -0.39 is 0 Å². The summed E-state index contributed by atoms with van der Waals surface area (Å²) in [5, 5.41) is 3.52. The van der Waals surface area contributed by atoms with Crippen LogP contribution in [-0.4, -0.2) is 33.0 Å². The highest BCUT2D eigenvalue weighted by Gasteiger charge is 2.21. The number of ether oxygens (including phenoxy) is 3. The van der Waals surface area contributed by atoms with Gasteiger partial charge in [0.05, 0.1) is 13.7 Å². The van der Waals surface area contributed by atoms with Crippen LogP contribution in [-0.2, 0) is 4.74 Å². The Kier molecular flexibility index (Phi) is 4.43. The molecule has 2 heterocycles. The molecule has 0 spiro atoms. The van der Waals surface area contributed by atoms with Crippen LogP contribution in [0.1, 0.15) is 37.3 Å². The second kappa shape index (κ2) is 6.46. The van der Waals surface area contributed by atoms with Crippen LogP contribution < -0.4 is 14.8 Å². The van der Waals surface area contributed by atoms with Gasteiger partial charge in [-0.2, -0.15) is 0 Å². The van der Waals surface area contributed by atoms with Crippen molar-refractivity contribution in [3.63, 3.8) is 0 Å². The summed E-state index contributed by atoms with van der Waals surface area (Å²) in [5.41, 5.74) is 1.29. The zero-order valence-electron chi connectivity index (χ0n) is 12.1. The fourth-order valence-corrected chi connectivity index (χ4v) is 2.95. The molecule has 0 bridgehead atoms. The van der Waals surface area contributed by atoms with Gasteiger partial charge < -0.3 is 19.5 Å². The Morgan fingerprint density at radius 1 is 1.20 bits per heavy atom. The minimum atomic E-state index is 0.143. The molecule has 2 unspecified atom stereocenters. The number of nitrogens with one attached hydrogen (secondary N) is 1. The standard InChI is InChI=1S/C16H23NO3/c1-18-15-7-6-12(14-5-2-8-17-14)10-16(15)20-13-4-3-9-19-11-13/h6-7,10,13-14,17H,2-5,8-9,11H2,1H3. The van der Waals surface area contributed by atoms with Crippen molar-refractivity contribution >= 4 is 0 Å². The van der Waals surface area contributed by atoms with Crippen LogP contribution in [0.2, 0.25) is 0 Å². The molecule has 0 aliphatic carbocycles. The maximum atomic E-state index is 6.10. The number of benzene rings is 1. The molecule has 3 rings (SSSR count). The van der Waals surface area contributed by atoms with Crippen LogP contribution in [0.15, 0.2) is 18.2 Å². The molecule has 1 N–H and O–H groups in total. The Balaban J connectivity index is 1.76. The normalized spacial score (nSPS) is 26.4. The number of hydrogen-bond donors (Lipinski definition) is 1. The molecule has 0 saturated carbocycles. The van der Waals surface area contributed by atoms with Crippen molar-refractivity contribution in [3.8, 4) is 11.5 Å². The van der Waals surface area contributed by atoms with E-state index in [1.165, 1.54) is 18.4 Å². The van der Waals surface area contributed by atoms with Crippen molar-refractivity contribution in [1.29, 1.82) is 0 Å². The van der Waals surface area contributed by atoms with Crippen LogP contribution in [0.25, 0.3) is 0 Å². The summed E-state index contributed by atoms with van der Waals surface area (Å²) in [5.74, 6) is 1.64. The fraction of sp³-hybridized carbons (Fsp3) is 0.625. The van der Waals surface area contributed by atoms with Gasteiger partial charge in [0.25, 0.3) is 0 Å². The number of hydrogen-bond acceptors (Lipinski definition) is 4. The monoisotopic (exact) mass is 277 g/mol. The largest absolute Gasteiger partial charge is 0.493 e. The van der Waals surface area contributed by atoms with E-state index in [-0.39, 0.29) is 6.10 Å². The van der Waals surface area contributed by atoms with Gasteiger partial charge in [0, 0.05) is 12.6 Å². The third kappa shape index (κ3) is 3.07. The van der Waals surface area contributed by atoms with Gasteiger partial charge in [0.15, 0.2) is 11.5 Å². The smallest absolute Gasteiger partial charge is 0.162 e. The van der Waals surface area contributed by atoms with Gasteiger partial charge in [0.2, 0.25) is 0 Å². The highest BCUT2D eigenvalue weighted by Crippen LogP contribution is 2.34. The van der Waals surface area contributed by atoms with Crippen molar-refractivity contribution in [2.75, 3.05) is 26.9 Å². The second-order valence-electron chi connectivity index (χ2n) is 5.52. The molecule has 0 amide bonds. The van der Waals surface area contributed by atoms with Crippen molar-refractivity contribution < 1.29 is 14.2 Å². The van der Waals surface area contributed by atoms with Crippen LogP contribution in [0.4, 0.5) is 0 Å². The second-order valence-corrected chi connectivity index (χ2v) is 5.52. The van der Waals surface area contributed by atoms with Gasteiger partial charge in [0.1, 0.15) is 6.10 Å². The van der Waals surface area contributed by atoms with Gasteiger partial charge in [-0.1, -0.05) is 6.07 Å². The first kappa shape index (κ1) is 13.7. The van der Waals surface area contributed by atoms with E-state index in [1.54, 1.807) is 7.11 Å². The highest BCUT2D eigenvalue weighted by molar-refractivity contribution is 5.44. The highest BCUT2D eigenvalue weighted by atomic mass is 16.5. The zero-order chi connectivity index (χ0) is 13.8. The molecule has 20 heavy (non-hydrogen) atoms. The molecule has 4 nitrogen and oxygen atoms in total. The predicted octanol–water partition coefficient (Wildman–Crippen LogP) is 2.68. The summed E-state index contributed by atoms with van der Waals surface area (Å²) in [7, 11) is 1.69. The average molecular weight is 277 g/mol. The first-order chi connectivity index (χ1) is 9.86. The Morgan fingerprint density at radius 2 is 2.15 bits per heavy atom.